The van der Waals surface area contributed by atoms with E-state index in [4.69, 9.17) is 0 Å². The number of aromatic nitrogens is 2. The lowest BCUT2D eigenvalue weighted by Crippen LogP contribution is -2.60. The van der Waals surface area contributed by atoms with Crippen molar-refractivity contribution in [3.63, 3.8) is 0 Å². The topological polar surface area (TPSA) is 102 Å². The largest absolute Gasteiger partial charge is 0.480 e. The van der Waals surface area contributed by atoms with Gasteiger partial charge in [0.2, 0.25) is 5.91 Å². The number of carboxylic acid groups (broad SMARTS) is 1. The summed E-state index contributed by atoms with van der Waals surface area (Å²) in [6.07, 6.45) is 0.941. The van der Waals surface area contributed by atoms with E-state index in [1.165, 1.54) is 22.9 Å². The van der Waals surface area contributed by atoms with Crippen molar-refractivity contribution in [1.29, 1.82) is 0 Å². The SMILES string of the molecule is C.CN(C)CC[C@H]1CN([C@@H](Cc2ccc3ccccc3c2)C(=O)O)CCN1C(=O)[C@@H]1CN(c2ccc(=O)n(C)n2)C[C@H]1c1ccc(F)cc1F. The van der Waals surface area contributed by atoms with Gasteiger partial charge in [0.25, 0.3) is 5.56 Å². The van der Waals surface area contributed by atoms with Crippen molar-refractivity contribution in [1.82, 2.24) is 24.5 Å². The lowest BCUT2D eigenvalue weighted by atomic mass is 9.86. The number of aliphatic carboxylic acids is 1. The Morgan fingerprint density at radius 2 is 1.72 bits per heavy atom. The lowest BCUT2D eigenvalue weighted by molar-refractivity contribution is -0.147. The Kier molecular flexibility index (Phi) is 11.3. The first-order valence-electron chi connectivity index (χ1n) is 16.6. The zero-order valence-corrected chi connectivity index (χ0v) is 28.0. The molecule has 10 nitrogen and oxygen atoms in total. The molecule has 4 atom stereocenters. The van der Waals surface area contributed by atoms with Gasteiger partial charge < -0.3 is 19.8 Å². The number of nitrogens with zero attached hydrogens (tertiary/aromatic N) is 6. The Morgan fingerprint density at radius 1 is 0.960 bits per heavy atom. The van der Waals surface area contributed by atoms with Crippen molar-refractivity contribution in [2.24, 2.45) is 13.0 Å². The molecule has 1 amide bonds. The first-order chi connectivity index (χ1) is 23.5. The van der Waals surface area contributed by atoms with E-state index < -0.39 is 35.5 Å². The van der Waals surface area contributed by atoms with Gasteiger partial charge in [-0.05, 0) is 67.5 Å². The smallest absolute Gasteiger partial charge is 0.321 e. The summed E-state index contributed by atoms with van der Waals surface area (Å²) >= 11 is 0. The van der Waals surface area contributed by atoms with Crippen molar-refractivity contribution in [2.45, 2.75) is 38.3 Å². The molecule has 2 aliphatic rings. The van der Waals surface area contributed by atoms with Gasteiger partial charge in [0.05, 0.1) is 5.92 Å². The van der Waals surface area contributed by atoms with E-state index in [0.29, 0.717) is 44.8 Å². The molecule has 266 valence electrons. The van der Waals surface area contributed by atoms with Crippen LogP contribution >= 0.6 is 0 Å². The van der Waals surface area contributed by atoms with Crippen LogP contribution in [-0.4, -0.2) is 107 Å². The Balaban J connectivity index is 0.00000486. The van der Waals surface area contributed by atoms with E-state index in [9.17, 15) is 23.9 Å². The van der Waals surface area contributed by atoms with Gasteiger partial charge in [0.1, 0.15) is 23.5 Å². The van der Waals surface area contributed by atoms with Crippen molar-refractivity contribution in [3.8, 4) is 0 Å². The number of benzene rings is 3. The van der Waals surface area contributed by atoms with Crippen LogP contribution in [0.4, 0.5) is 14.6 Å². The molecule has 0 unspecified atom stereocenters. The van der Waals surface area contributed by atoms with Gasteiger partial charge in [-0.2, -0.15) is 5.10 Å². The maximum Gasteiger partial charge on any atom is 0.321 e. The van der Waals surface area contributed by atoms with Crippen LogP contribution in [0.1, 0.15) is 30.9 Å². The third kappa shape index (κ3) is 7.87. The number of halogens is 2. The second-order valence-electron chi connectivity index (χ2n) is 13.4. The minimum Gasteiger partial charge on any atom is -0.480 e. The molecule has 0 saturated carbocycles. The number of carbonyl (C=O) groups excluding carboxylic acids is 1. The zero-order chi connectivity index (χ0) is 34.8. The number of hydrogen-bond donors (Lipinski definition) is 1. The summed E-state index contributed by atoms with van der Waals surface area (Å²) in [5.74, 6) is -3.29. The van der Waals surface area contributed by atoms with Gasteiger partial charge >= 0.3 is 5.97 Å². The van der Waals surface area contributed by atoms with Gasteiger partial charge in [-0.15, -0.1) is 0 Å². The van der Waals surface area contributed by atoms with E-state index in [-0.39, 0.29) is 43.6 Å². The molecule has 12 heteroatoms. The van der Waals surface area contributed by atoms with E-state index in [0.717, 1.165) is 22.4 Å². The quantitative estimate of drug-likeness (QED) is 0.264. The van der Waals surface area contributed by atoms with Crippen LogP contribution < -0.4 is 10.5 Å². The number of fused-ring (bicyclic) bond motifs is 1. The first-order valence-corrected chi connectivity index (χ1v) is 16.6. The highest BCUT2D eigenvalue weighted by Crippen LogP contribution is 2.38. The molecule has 0 aliphatic carbocycles. The van der Waals surface area contributed by atoms with E-state index in [2.05, 4.69) is 5.10 Å². The number of aryl methyl sites for hydroxylation is 1. The molecule has 1 N–H and O–H groups in total. The minimum absolute atomic E-state index is 0. The molecule has 3 heterocycles. The number of piperazine rings is 1. The summed E-state index contributed by atoms with van der Waals surface area (Å²) in [6.45, 7) is 2.21. The fourth-order valence-electron chi connectivity index (χ4n) is 7.30. The van der Waals surface area contributed by atoms with Crippen molar-refractivity contribution >= 4 is 28.5 Å². The van der Waals surface area contributed by atoms with Crippen LogP contribution in [-0.2, 0) is 23.1 Å². The molecule has 6 rings (SSSR count). The van der Waals surface area contributed by atoms with Gasteiger partial charge in [0.15, 0.2) is 0 Å². The average molecular weight is 689 g/mol. The first kappa shape index (κ1) is 36.6. The molecule has 0 bridgehead atoms. The van der Waals surface area contributed by atoms with Gasteiger partial charge in [-0.3, -0.25) is 19.3 Å². The Morgan fingerprint density at radius 3 is 2.42 bits per heavy atom. The van der Waals surface area contributed by atoms with Crippen LogP contribution in [0.2, 0.25) is 0 Å². The predicted molar refractivity (Wildman–Crippen MR) is 190 cm³/mol. The standard InChI is InChI=1S/C37H42F2N6O4.CH4/c1-41(2)15-14-28-21-43(33(37(48)49)19-24-8-9-25-6-4-5-7-26(25)18-24)16-17-45(28)36(47)31-23-44(34-12-13-35(46)42(3)40-34)22-30(31)29-11-10-27(38)20-32(29)39;/h4-13,18,20,28,30-31,33H,14-17,19,21-23H2,1-3H3,(H,48,49);1H4/t28-,30-,31+,33-;/m0./s1. The molecule has 0 spiro atoms. The summed E-state index contributed by atoms with van der Waals surface area (Å²) in [7, 11) is 5.45. The normalized spacial score (nSPS) is 20.2. The van der Waals surface area contributed by atoms with E-state index in [1.807, 2.05) is 76.2 Å². The highest BCUT2D eigenvalue weighted by molar-refractivity contribution is 5.84. The van der Waals surface area contributed by atoms with E-state index >= 15 is 4.39 Å². The molecular weight excluding hydrogens is 642 g/mol. The van der Waals surface area contributed by atoms with Gasteiger partial charge in [-0.1, -0.05) is 56.0 Å². The Hall–Kier alpha value is -4.68. The molecule has 50 heavy (non-hydrogen) atoms. The minimum atomic E-state index is -0.915. The van der Waals surface area contributed by atoms with Gasteiger partial charge in [-0.25, -0.2) is 13.5 Å². The molecule has 1 aromatic heterocycles. The molecule has 2 fully saturated rings. The Labute approximate surface area is 291 Å². The molecule has 4 aromatic rings. The summed E-state index contributed by atoms with van der Waals surface area (Å²) in [5.41, 5.74) is 0.896. The van der Waals surface area contributed by atoms with Crippen LogP contribution in [0, 0.1) is 17.6 Å². The zero-order valence-electron chi connectivity index (χ0n) is 28.0. The molecule has 2 aliphatic heterocycles. The number of rotatable bonds is 10. The second kappa shape index (κ2) is 15.5. The number of carbonyl (C=O) groups is 2. The maximum atomic E-state index is 15.3. The van der Waals surface area contributed by atoms with Crippen LogP contribution in [0.25, 0.3) is 10.8 Å². The monoisotopic (exact) mass is 688 g/mol. The second-order valence-corrected chi connectivity index (χ2v) is 13.4. The van der Waals surface area contributed by atoms with Crippen molar-refractivity contribution in [3.05, 3.63) is 106 Å². The fraction of sp³-hybridized carbons (Fsp3) is 0.421. The third-order valence-corrected chi connectivity index (χ3v) is 9.94. The number of amides is 1. The number of anilines is 1. The van der Waals surface area contributed by atoms with Gasteiger partial charge in [0, 0.05) is 63.9 Å². The fourth-order valence-corrected chi connectivity index (χ4v) is 7.30. The number of hydrogen-bond acceptors (Lipinski definition) is 7. The van der Waals surface area contributed by atoms with Crippen LogP contribution in [0.5, 0.6) is 0 Å². The summed E-state index contributed by atoms with van der Waals surface area (Å²) in [6, 6.07) is 19.4. The highest BCUT2D eigenvalue weighted by atomic mass is 19.1. The maximum absolute atomic E-state index is 15.3. The summed E-state index contributed by atoms with van der Waals surface area (Å²) in [5, 5.41) is 16.9. The summed E-state index contributed by atoms with van der Waals surface area (Å²) in [4.78, 5) is 47.1. The molecule has 0 radical (unpaired) electrons. The summed E-state index contributed by atoms with van der Waals surface area (Å²) < 4.78 is 30.4. The van der Waals surface area contributed by atoms with Crippen molar-refractivity contribution in [2.75, 3.05) is 58.3 Å². The van der Waals surface area contributed by atoms with E-state index in [1.54, 1.807) is 13.1 Å². The Bertz CT molecular complexity index is 1900. The molecule has 3 aromatic carbocycles. The lowest BCUT2D eigenvalue weighted by Gasteiger charge is -2.45. The highest BCUT2D eigenvalue weighted by Gasteiger charge is 2.45. The van der Waals surface area contributed by atoms with Crippen molar-refractivity contribution < 1.29 is 23.5 Å². The third-order valence-electron chi connectivity index (χ3n) is 9.94. The predicted octanol–water partition coefficient (Wildman–Crippen LogP) is 4.23. The van der Waals surface area contributed by atoms with Crippen LogP contribution in [0.3, 0.4) is 0 Å². The van der Waals surface area contributed by atoms with Crippen LogP contribution in [0.15, 0.2) is 77.6 Å². The average Bonchev–Trinajstić information content (AvgIpc) is 3.52. The molecular formula is C38H46F2N6O4. The molecule has 2 saturated heterocycles. The number of carboxylic acids is 1.